The lowest BCUT2D eigenvalue weighted by Gasteiger charge is -2.28. The van der Waals surface area contributed by atoms with Crippen LogP contribution in [0.15, 0.2) is 36.5 Å². The van der Waals surface area contributed by atoms with Gasteiger partial charge in [0.2, 0.25) is 0 Å². The molecule has 420 valence electrons. The molecular weight excluding hydrogens is 902 g/mol. The van der Waals surface area contributed by atoms with Gasteiger partial charge in [-0.05, 0) is 51.4 Å². The number of likely N-dealkylation sites (N-methyl/N-ethyl adjacent to an activating group) is 1. The number of phosphoric acid groups is 1. The second-order valence-electron chi connectivity index (χ2n) is 22.1. The summed E-state index contributed by atoms with van der Waals surface area (Å²) in [6, 6.07) is 0. The summed E-state index contributed by atoms with van der Waals surface area (Å²) in [5, 5.41) is 0. The molecule has 0 aliphatic rings. The van der Waals surface area contributed by atoms with Gasteiger partial charge < -0.3 is 27.9 Å². The van der Waals surface area contributed by atoms with E-state index in [1.807, 2.05) is 21.1 Å². The molecule has 0 aromatic rings. The van der Waals surface area contributed by atoms with Crippen LogP contribution in [0.5, 0.6) is 0 Å². The molecule has 0 aliphatic carbocycles. The number of allylic oxidation sites excluding steroid dienone is 6. The monoisotopic (exact) mass is 1020 g/mol. The lowest BCUT2D eigenvalue weighted by Crippen LogP contribution is -2.37. The maximum atomic E-state index is 12.8. The van der Waals surface area contributed by atoms with Gasteiger partial charge in [0.1, 0.15) is 19.3 Å². The Hall–Kier alpha value is -1.28. The minimum Gasteiger partial charge on any atom is -0.756 e. The Balaban J connectivity index is 4.03. The van der Waals surface area contributed by atoms with Gasteiger partial charge in [0.15, 0.2) is 0 Å². The summed E-state index contributed by atoms with van der Waals surface area (Å²) in [6.45, 7) is 5.45. The molecule has 0 aliphatic heterocycles. The summed E-state index contributed by atoms with van der Waals surface area (Å²) in [5.41, 5.74) is 0. The molecule has 2 atom stereocenters. The molecule has 0 aromatic heterocycles. The summed E-state index contributed by atoms with van der Waals surface area (Å²) in [7, 11) is 1.37. The van der Waals surface area contributed by atoms with Crippen LogP contribution in [0.4, 0.5) is 0 Å². The van der Waals surface area contributed by atoms with E-state index in [-0.39, 0.29) is 25.8 Å². The van der Waals surface area contributed by atoms with Crippen molar-refractivity contribution >= 4 is 13.8 Å². The van der Waals surface area contributed by atoms with Gasteiger partial charge in [0, 0.05) is 13.0 Å². The van der Waals surface area contributed by atoms with Crippen LogP contribution in [-0.2, 0) is 27.9 Å². The van der Waals surface area contributed by atoms with Gasteiger partial charge in [0.05, 0.1) is 34.4 Å². The maximum absolute atomic E-state index is 12.8. The van der Waals surface area contributed by atoms with Crippen molar-refractivity contribution < 1.29 is 37.3 Å². The topological polar surface area (TPSA) is 94.1 Å². The predicted molar refractivity (Wildman–Crippen MR) is 305 cm³/mol. The number of phosphoric ester groups is 1. The van der Waals surface area contributed by atoms with Crippen molar-refractivity contribution in [2.75, 3.05) is 54.1 Å². The molecule has 9 heteroatoms. The van der Waals surface area contributed by atoms with E-state index in [1.54, 1.807) is 0 Å². The highest BCUT2D eigenvalue weighted by Crippen LogP contribution is 2.38. The fourth-order valence-electron chi connectivity index (χ4n) is 8.97. The van der Waals surface area contributed by atoms with Gasteiger partial charge in [-0.1, -0.05) is 275 Å². The molecule has 71 heavy (non-hydrogen) atoms. The van der Waals surface area contributed by atoms with Crippen LogP contribution in [0.3, 0.4) is 0 Å². The first kappa shape index (κ1) is 69.7. The molecule has 0 saturated carbocycles. The van der Waals surface area contributed by atoms with Gasteiger partial charge in [-0.25, -0.2) is 0 Å². The van der Waals surface area contributed by atoms with E-state index in [0.717, 1.165) is 44.9 Å². The molecule has 0 spiro atoms. The molecule has 0 N–H and O–H groups in total. The highest BCUT2D eigenvalue weighted by atomic mass is 31.2. The Bertz CT molecular complexity index is 1230. The first-order valence-electron chi connectivity index (χ1n) is 30.7. The average Bonchev–Trinajstić information content (AvgIpc) is 3.33. The zero-order valence-electron chi connectivity index (χ0n) is 47.9. The summed E-state index contributed by atoms with van der Waals surface area (Å²) in [5.74, 6) is -0.329. The van der Waals surface area contributed by atoms with Gasteiger partial charge in [0.25, 0.3) is 7.82 Å². The second-order valence-corrected chi connectivity index (χ2v) is 23.5. The number of esters is 1. The van der Waals surface area contributed by atoms with Gasteiger partial charge >= 0.3 is 5.97 Å². The second kappa shape index (κ2) is 55.0. The first-order chi connectivity index (χ1) is 34.6. The Morgan fingerprint density at radius 3 is 1.15 bits per heavy atom. The predicted octanol–water partition coefficient (Wildman–Crippen LogP) is 19.0. The molecule has 0 radical (unpaired) electrons. The van der Waals surface area contributed by atoms with Crippen molar-refractivity contribution in [1.82, 2.24) is 0 Å². The lowest BCUT2D eigenvalue weighted by molar-refractivity contribution is -0.870. The Kier molecular flexibility index (Phi) is 54.0. The van der Waals surface area contributed by atoms with Crippen LogP contribution < -0.4 is 4.89 Å². The minimum absolute atomic E-state index is 0.0265. The Labute approximate surface area is 442 Å². The van der Waals surface area contributed by atoms with Crippen molar-refractivity contribution in [1.29, 1.82) is 0 Å². The number of hydrogen-bond donors (Lipinski definition) is 0. The van der Waals surface area contributed by atoms with Crippen LogP contribution in [0.25, 0.3) is 0 Å². The first-order valence-corrected chi connectivity index (χ1v) is 32.2. The number of unbranched alkanes of at least 4 members (excludes halogenated alkanes) is 38. The smallest absolute Gasteiger partial charge is 0.306 e. The lowest BCUT2D eigenvalue weighted by atomic mass is 10.0. The van der Waals surface area contributed by atoms with Gasteiger partial charge in [-0.2, -0.15) is 0 Å². The Morgan fingerprint density at radius 2 is 0.775 bits per heavy atom. The Morgan fingerprint density at radius 1 is 0.437 bits per heavy atom. The number of carbonyl (C=O) groups excluding carboxylic acids is 1. The molecule has 2 unspecified atom stereocenters. The van der Waals surface area contributed by atoms with E-state index >= 15 is 0 Å². The summed E-state index contributed by atoms with van der Waals surface area (Å²) < 4.78 is 34.9. The number of rotatable bonds is 58. The van der Waals surface area contributed by atoms with Crippen LogP contribution in [0, 0.1) is 0 Å². The highest BCUT2D eigenvalue weighted by molar-refractivity contribution is 7.45. The fraction of sp³-hybridized carbons (Fsp3) is 0.887. The zero-order chi connectivity index (χ0) is 51.9. The zero-order valence-corrected chi connectivity index (χ0v) is 48.8. The molecule has 0 bridgehead atoms. The van der Waals surface area contributed by atoms with E-state index in [9.17, 15) is 14.3 Å². The standard InChI is InChI=1S/C62H120NO7P/c1-6-8-10-12-14-16-18-20-22-24-26-28-30-32-33-35-37-39-41-43-45-47-49-51-53-55-62(64)70-61(60-69-71(65,66)68-58-56-63(3,4)5)59-67-57-54-52-50-48-46-44-42-40-38-36-34-31-29-27-25-23-21-19-17-15-13-11-9-7-2/h19,21,25,27,31,34,61H,6-18,20,22-24,26,28-30,32-33,35-60H2,1-5H3/b21-19-,27-25-,34-31-. The van der Waals surface area contributed by atoms with E-state index < -0.39 is 13.9 Å². The van der Waals surface area contributed by atoms with E-state index in [2.05, 4.69) is 50.3 Å². The third-order valence-electron chi connectivity index (χ3n) is 13.7. The highest BCUT2D eigenvalue weighted by Gasteiger charge is 2.20. The maximum Gasteiger partial charge on any atom is 0.306 e. The van der Waals surface area contributed by atoms with Crippen molar-refractivity contribution in [2.24, 2.45) is 0 Å². The molecule has 0 saturated heterocycles. The molecule has 0 rings (SSSR count). The fourth-order valence-corrected chi connectivity index (χ4v) is 9.70. The largest absolute Gasteiger partial charge is 0.756 e. The van der Waals surface area contributed by atoms with E-state index in [1.165, 1.54) is 231 Å². The van der Waals surface area contributed by atoms with Gasteiger partial charge in [-0.15, -0.1) is 0 Å². The summed E-state index contributed by atoms with van der Waals surface area (Å²) in [6.07, 6.45) is 69.1. The summed E-state index contributed by atoms with van der Waals surface area (Å²) in [4.78, 5) is 25.3. The molecule has 8 nitrogen and oxygen atoms in total. The third kappa shape index (κ3) is 59.5. The SMILES string of the molecule is CCCCCCC/C=C\C/C=C\C/C=C\CCCCCCCCCCCOCC(COP(=O)([O-])OCC[N+](C)(C)C)OC(=O)CCCCCCCCCCCCCCCCCCCCCCCCCCC. The number of ether oxygens (including phenoxy) is 2. The minimum atomic E-state index is -4.54. The summed E-state index contributed by atoms with van der Waals surface area (Å²) >= 11 is 0. The molecular formula is C62H120NO7P. The quantitative estimate of drug-likeness (QED) is 0.0197. The van der Waals surface area contributed by atoms with Crippen molar-refractivity contribution in [2.45, 2.75) is 302 Å². The van der Waals surface area contributed by atoms with E-state index in [0.29, 0.717) is 24.1 Å². The normalized spacial score (nSPS) is 13.6. The van der Waals surface area contributed by atoms with Crippen molar-refractivity contribution in [3.05, 3.63) is 36.5 Å². The molecule has 0 aromatic carbocycles. The van der Waals surface area contributed by atoms with Crippen LogP contribution in [0.1, 0.15) is 296 Å². The number of quaternary nitrogens is 1. The molecule has 0 heterocycles. The van der Waals surface area contributed by atoms with Crippen LogP contribution in [0.2, 0.25) is 0 Å². The van der Waals surface area contributed by atoms with Crippen LogP contribution in [-0.4, -0.2) is 70.7 Å². The van der Waals surface area contributed by atoms with Crippen molar-refractivity contribution in [3.63, 3.8) is 0 Å². The number of carbonyl (C=O) groups is 1. The third-order valence-corrected chi connectivity index (χ3v) is 14.7. The average molecular weight is 1020 g/mol. The van der Waals surface area contributed by atoms with E-state index in [4.69, 9.17) is 18.5 Å². The van der Waals surface area contributed by atoms with Crippen LogP contribution >= 0.6 is 7.82 Å². The van der Waals surface area contributed by atoms with Crippen molar-refractivity contribution in [3.8, 4) is 0 Å². The van der Waals surface area contributed by atoms with Gasteiger partial charge in [-0.3, -0.25) is 9.36 Å². The molecule has 0 fully saturated rings. The number of hydrogen-bond acceptors (Lipinski definition) is 7. The molecule has 0 amide bonds. The number of nitrogens with zero attached hydrogens (tertiary/aromatic N) is 1.